The van der Waals surface area contributed by atoms with Crippen LogP contribution in [0, 0.1) is 0 Å². The van der Waals surface area contributed by atoms with Crippen molar-refractivity contribution in [2.75, 3.05) is 12.4 Å². The first-order valence-electron chi connectivity index (χ1n) is 9.31. The van der Waals surface area contributed by atoms with Crippen molar-refractivity contribution in [3.8, 4) is 0 Å². The fourth-order valence-corrected chi connectivity index (χ4v) is 5.65. The van der Waals surface area contributed by atoms with Crippen LogP contribution in [0.15, 0.2) is 82.2 Å². The molecule has 6 nitrogen and oxygen atoms in total. The summed E-state index contributed by atoms with van der Waals surface area (Å²) in [5.41, 5.74) is 2.03. The van der Waals surface area contributed by atoms with Crippen LogP contribution in [0.3, 0.4) is 0 Å². The second-order valence-corrected chi connectivity index (χ2v) is 10.8. The van der Waals surface area contributed by atoms with Crippen molar-refractivity contribution in [2.24, 2.45) is 0 Å². The van der Waals surface area contributed by atoms with E-state index in [1.54, 1.807) is 0 Å². The SMILES string of the molecule is CN(Cc1ccccc1)S(=O)(=O)c1ccc(C(=O)Nc2nc3c(Br)cccc3s2)cc1. The third kappa shape index (κ3) is 4.69. The number of thiazole rings is 1. The van der Waals surface area contributed by atoms with Crippen LogP contribution in [-0.4, -0.2) is 30.7 Å². The van der Waals surface area contributed by atoms with Gasteiger partial charge < -0.3 is 0 Å². The molecule has 0 unspecified atom stereocenters. The molecule has 0 aliphatic rings. The Hall–Kier alpha value is -2.59. The predicted molar refractivity (Wildman–Crippen MR) is 127 cm³/mol. The number of amides is 1. The molecule has 1 N–H and O–H groups in total. The van der Waals surface area contributed by atoms with Crippen LogP contribution in [0.25, 0.3) is 10.2 Å². The topological polar surface area (TPSA) is 79.4 Å². The van der Waals surface area contributed by atoms with Crippen LogP contribution in [0.2, 0.25) is 0 Å². The van der Waals surface area contributed by atoms with Gasteiger partial charge in [-0.05, 0) is 57.9 Å². The Morgan fingerprint density at radius 2 is 1.74 bits per heavy atom. The zero-order valence-corrected chi connectivity index (χ0v) is 19.7. The molecule has 0 radical (unpaired) electrons. The predicted octanol–water partition coefficient (Wildman–Crippen LogP) is 5.13. The second-order valence-electron chi connectivity index (χ2n) is 6.83. The number of para-hydroxylation sites is 1. The standard InChI is InChI=1S/C22H18BrN3O3S2/c1-26(14-15-6-3-2-4-7-15)31(28,29)17-12-10-16(11-13-17)21(27)25-22-24-20-18(23)8-5-9-19(20)30-22/h2-13H,14H2,1H3,(H,24,25,27). The Morgan fingerprint density at radius 3 is 2.42 bits per heavy atom. The van der Waals surface area contributed by atoms with Gasteiger partial charge in [0, 0.05) is 23.6 Å². The number of benzene rings is 3. The molecule has 9 heteroatoms. The molecule has 0 fully saturated rings. The van der Waals surface area contributed by atoms with Gasteiger partial charge in [-0.3, -0.25) is 10.1 Å². The zero-order chi connectivity index (χ0) is 22.0. The highest BCUT2D eigenvalue weighted by Crippen LogP contribution is 2.31. The molecule has 1 amide bonds. The summed E-state index contributed by atoms with van der Waals surface area (Å²) >= 11 is 4.82. The molecule has 3 aromatic carbocycles. The minimum atomic E-state index is -3.67. The smallest absolute Gasteiger partial charge is 0.257 e. The van der Waals surface area contributed by atoms with Gasteiger partial charge in [0.25, 0.3) is 5.91 Å². The molecule has 0 atom stereocenters. The van der Waals surface area contributed by atoms with Crippen LogP contribution in [0.5, 0.6) is 0 Å². The van der Waals surface area contributed by atoms with E-state index in [0.29, 0.717) is 10.7 Å². The number of carbonyl (C=O) groups excluding carboxylic acids is 1. The first-order chi connectivity index (χ1) is 14.8. The van der Waals surface area contributed by atoms with E-state index in [1.165, 1.54) is 47.0 Å². The van der Waals surface area contributed by atoms with Crippen LogP contribution in [-0.2, 0) is 16.6 Å². The number of nitrogens with one attached hydrogen (secondary N) is 1. The number of carbonyl (C=O) groups is 1. The number of hydrogen-bond acceptors (Lipinski definition) is 5. The molecule has 1 heterocycles. The van der Waals surface area contributed by atoms with Crippen molar-refractivity contribution in [2.45, 2.75) is 11.4 Å². The summed E-state index contributed by atoms with van der Waals surface area (Å²) in [5, 5.41) is 3.25. The minimum absolute atomic E-state index is 0.131. The average Bonchev–Trinajstić information content (AvgIpc) is 3.18. The third-order valence-electron chi connectivity index (χ3n) is 4.66. The number of fused-ring (bicyclic) bond motifs is 1. The van der Waals surface area contributed by atoms with Gasteiger partial charge in [0.05, 0.1) is 15.1 Å². The summed E-state index contributed by atoms with van der Waals surface area (Å²) in [6.07, 6.45) is 0. The first-order valence-corrected chi connectivity index (χ1v) is 12.4. The van der Waals surface area contributed by atoms with Gasteiger partial charge in [-0.15, -0.1) is 0 Å². The summed E-state index contributed by atoms with van der Waals surface area (Å²) in [6, 6.07) is 21.0. The van der Waals surface area contributed by atoms with Crippen molar-refractivity contribution in [1.82, 2.24) is 9.29 Å². The van der Waals surface area contributed by atoms with Gasteiger partial charge in [-0.1, -0.05) is 47.7 Å². The van der Waals surface area contributed by atoms with Crippen LogP contribution in [0.1, 0.15) is 15.9 Å². The molecule has 4 aromatic rings. The Kier molecular flexibility index (Phi) is 6.19. The number of nitrogens with zero attached hydrogens (tertiary/aromatic N) is 2. The second kappa shape index (κ2) is 8.88. The molecular formula is C22H18BrN3O3S2. The molecule has 0 spiro atoms. The highest BCUT2D eigenvalue weighted by molar-refractivity contribution is 9.10. The maximum Gasteiger partial charge on any atom is 0.257 e. The number of hydrogen-bond donors (Lipinski definition) is 1. The molecule has 0 aliphatic heterocycles. The van der Waals surface area contributed by atoms with E-state index in [2.05, 4.69) is 26.2 Å². The van der Waals surface area contributed by atoms with Gasteiger partial charge in [-0.2, -0.15) is 4.31 Å². The van der Waals surface area contributed by atoms with Gasteiger partial charge in [0.2, 0.25) is 10.0 Å². The third-order valence-corrected chi connectivity index (χ3v) is 8.06. The first kappa shape index (κ1) is 21.6. The number of sulfonamides is 1. The average molecular weight is 516 g/mol. The van der Waals surface area contributed by atoms with Gasteiger partial charge in [0.1, 0.15) is 0 Å². The number of aromatic nitrogens is 1. The fraction of sp³-hybridized carbons (Fsp3) is 0.0909. The highest BCUT2D eigenvalue weighted by atomic mass is 79.9. The fourth-order valence-electron chi connectivity index (χ4n) is 3.02. The van der Waals surface area contributed by atoms with Gasteiger partial charge >= 0.3 is 0 Å². The van der Waals surface area contributed by atoms with E-state index in [1.807, 2.05) is 48.5 Å². The lowest BCUT2D eigenvalue weighted by molar-refractivity contribution is 0.102. The molecule has 0 bridgehead atoms. The Morgan fingerprint density at radius 1 is 1.03 bits per heavy atom. The lowest BCUT2D eigenvalue weighted by Gasteiger charge is -2.17. The Bertz CT molecular complexity index is 1340. The van der Waals surface area contributed by atoms with E-state index in [-0.39, 0.29) is 17.3 Å². The highest BCUT2D eigenvalue weighted by Gasteiger charge is 2.21. The number of anilines is 1. The van der Waals surface area contributed by atoms with E-state index in [4.69, 9.17) is 0 Å². The van der Waals surface area contributed by atoms with Crippen molar-refractivity contribution < 1.29 is 13.2 Å². The van der Waals surface area contributed by atoms with E-state index >= 15 is 0 Å². The van der Waals surface area contributed by atoms with Gasteiger partial charge in [-0.25, -0.2) is 13.4 Å². The maximum atomic E-state index is 12.9. The van der Waals surface area contributed by atoms with Crippen LogP contribution >= 0.6 is 27.3 Å². The van der Waals surface area contributed by atoms with Gasteiger partial charge in [0.15, 0.2) is 5.13 Å². The van der Waals surface area contributed by atoms with Crippen LogP contribution < -0.4 is 5.32 Å². The summed E-state index contributed by atoms with van der Waals surface area (Å²) < 4.78 is 28.8. The monoisotopic (exact) mass is 515 g/mol. The normalized spacial score (nSPS) is 11.7. The molecule has 4 rings (SSSR count). The number of rotatable bonds is 6. The quantitative estimate of drug-likeness (QED) is 0.385. The molecule has 0 saturated carbocycles. The van der Waals surface area contributed by atoms with E-state index in [9.17, 15) is 13.2 Å². The largest absolute Gasteiger partial charge is 0.298 e. The van der Waals surface area contributed by atoms with E-state index < -0.39 is 10.0 Å². The summed E-state index contributed by atoms with van der Waals surface area (Å²) in [7, 11) is -2.14. The summed E-state index contributed by atoms with van der Waals surface area (Å²) in [6.45, 7) is 0.262. The Labute approximate surface area is 192 Å². The molecule has 0 saturated heterocycles. The maximum absolute atomic E-state index is 12.9. The molecular weight excluding hydrogens is 498 g/mol. The molecule has 1 aromatic heterocycles. The van der Waals surface area contributed by atoms with Crippen molar-refractivity contribution in [3.63, 3.8) is 0 Å². The van der Waals surface area contributed by atoms with Crippen LogP contribution in [0.4, 0.5) is 5.13 Å². The molecule has 0 aliphatic carbocycles. The summed E-state index contributed by atoms with van der Waals surface area (Å²) in [4.78, 5) is 17.2. The van der Waals surface area contributed by atoms with Crippen molar-refractivity contribution >= 4 is 58.5 Å². The zero-order valence-electron chi connectivity index (χ0n) is 16.4. The lowest BCUT2D eigenvalue weighted by Crippen LogP contribution is -2.26. The molecule has 158 valence electrons. The lowest BCUT2D eigenvalue weighted by atomic mass is 10.2. The minimum Gasteiger partial charge on any atom is -0.298 e. The van der Waals surface area contributed by atoms with Crippen molar-refractivity contribution in [1.29, 1.82) is 0 Å². The molecule has 31 heavy (non-hydrogen) atoms. The number of halogens is 1. The Balaban J connectivity index is 1.48. The summed E-state index contributed by atoms with van der Waals surface area (Å²) in [5.74, 6) is -0.350. The van der Waals surface area contributed by atoms with Crippen molar-refractivity contribution in [3.05, 3.63) is 88.4 Å². The van der Waals surface area contributed by atoms with E-state index in [0.717, 1.165) is 20.3 Å².